The van der Waals surface area contributed by atoms with Crippen molar-refractivity contribution >= 4 is 60.8 Å². The number of likely N-dealkylation sites (tertiary alicyclic amines) is 1. The second kappa shape index (κ2) is 13.4. The quantitative estimate of drug-likeness (QED) is 0.181. The topological polar surface area (TPSA) is 166 Å². The summed E-state index contributed by atoms with van der Waals surface area (Å²) in [5.41, 5.74) is 5.19. The van der Waals surface area contributed by atoms with Crippen molar-refractivity contribution in [2.24, 2.45) is 10.8 Å². The van der Waals surface area contributed by atoms with E-state index in [2.05, 4.69) is 38.7 Å². The maximum atomic E-state index is 17.5. The number of nitrogens with zero attached hydrogens (tertiary/aromatic N) is 10. The van der Waals surface area contributed by atoms with Crippen LogP contribution in [0.3, 0.4) is 0 Å². The Morgan fingerprint density at radius 1 is 1.15 bits per heavy atom. The minimum absolute atomic E-state index is 0.00301. The third-order valence-electron chi connectivity index (χ3n) is 13.7. The lowest BCUT2D eigenvalue weighted by Gasteiger charge is -2.63. The van der Waals surface area contributed by atoms with Crippen molar-refractivity contribution in [3.63, 3.8) is 0 Å². The van der Waals surface area contributed by atoms with E-state index in [-0.39, 0.29) is 89.7 Å². The van der Waals surface area contributed by atoms with Crippen LogP contribution in [-0.4, -0.2) is 97.1 Å². The van der Waals surface area contributed by atoms with Crippen LogP contribution in [0.4, 0.5) is 28.8 Å². The van der Waals surface area contributed by atoms with E-state index in [1.165, 1.54) is 18.5 Å². The van der Waals surface area contributed by atoms with E-state index in [4.69, 9.17) is 27.1 Å². The summed E-state index contributed by atoms with van der Waals surface area (Å²) in [6.45, 7) is 6.38. The number of nitriles is 2. The summed E-state index contributed by atoms with van der Waals surface area (Å²) in [5, 5.41) is 24.0. The van der Waals surface area contributed by atoms with Gasteiger partial charge in [-0.3, -0.25) is 4.90 Å². The van der Waals surface area contributed by atoms with Gasteiger partial charge in [-0.15, -0.1) is 16.4 Å². The number of anilines is 2. The van der Waals surface area contributed by atoms with Crippen LogP contribution < -0.4 is 15.4 Å². The number of ether oxygens (including phenoxy) is 1. The molecule has 3 aromatic heterocycles. The number of amides is 1. The molecule has 59 heavy (non-hydrogen) atoms. The molecule has 1 aliphatic carbocycles. The first kappa shape index (κ1) is 38.0. The summed E-state index contributed by atoms with van der Waals surface area (Å²) in [7, 11) is 0. The van der Waals surface area contributed by atoms with Crippen molar-refractivity contribution < 1.29 is 22.7 Å². The molecule has 0 unspecified atom stereocenters. The number of nitrogens with two attached hydrogens (primary N) is 1. The second-order valence-electron chi connectivity index (χ2n) is 17.4. The fraction of sp³-hybridized carbons (Fsp3) is 0.488. The van der Waals surface area contributed by atoms with Gasteiger partial charge in [0.25, 0.3) is 5.82 Å². The molecule has 1 amide bonds. The predicted octanol–water partition coefficient (Wildman–Crippen LogP) is 7.44. The standard InChI is InChI=1S/C41H39ClF3N11O2S/c1-21-6-8-40(18-55(36(40)39(2)9-10-39)38(57)56-20-49-28(15-47)52-56)17-54(21)35-24-12-26(42)30(23-4-5-27(44)33-29(23)25(14-46)34(48)59-33)31(45)32(24)50-37(51-35)58-19-41-7-3-11-53(41)16-22(43)13-41/h4-5,12,20-22,36H,3,6-11,13,16-19,48H2,1-2H3/t21-,22+,36+,40+,41-/m0/s1. The lowest BCUT2D eigenvalue weighted by atomic mass is 9.60. The van der Waals surface area contributed by atoms with Gasteiger partial charge in [0.05, 0.1) is 20.8 Å². The summed E-state index contributed by atoms with van der Waals surface area (Å²) >= 11 is 7.94. The number of fused-ring (bicyclic) bond motifs is 3. The first-order chi connectivity index (χ1) is 28.3. The lowest BCUT2D eigenvalue weighted by Crippen LogP contribution is -2.74. The Kier molecular flexibility index (Phi) is 8.63. The van der Waals surface area contributed by atoms with Crippen LogP contribution >= 0.6 is 22.9 Å². The zero-order chi connectivity index (χ0) is 41.2. The molecule has 5 fully saturated rings. The number of aromatic nitrogens is 5. The van der Waals surface area contributed by atoms with Crippen molar-refractivity contribution in [2.45, 2.75) is 82.6 Å². The van der Waals surface area contributed by atoms with Gasteiger partial charge in [0.2, 0.25) is 0 Å². The fourth-order valence-corrected chi connectivity index (χ4v) is 12.0. The van der Waals surface area contributed by atoms with Crippen LogP contribution in [-0.2, 0) is 0 Å². The van der Waals surface area contributed by atoms with Crippen molar-refractivity contribution in [1.82, 2.24) is 34.5 Å². The normalized spacial score (nSPS) is 27.2. The number of hydrogen-bond acceptors (Lipinski definition) is 12. The van der Waals surface area contributed by atoms with Gasteiger partial charge in [0.1, 0.15) is 53.4 Å². The van der Waals surface area contributed by atoms with Gasteiger partial charge >= 0.3 is 12.0 Å². The molecular weight excluding hydrogens is 803 g/mol. The maximum absolute atomic E-state index is 17.5. The summed E-state index contributed by atoms with van der Waals surface area (Å²) < 4.78 is 55.1. The average Bonchev–Trinajstić information content (AvgIpc) is 3.58. The minimum Gasteiger partial charge on any atom is -0.461 e. The Bertz CT molecular complexity index is 2690. The van der Waals surface area contributed by atoms with Gasteiger partial charge in [0.15, 0.2) is 5.82 Å². The average molecular weight is 842 g/mol. The Balaban J connectivity index is 1.09. The molecule has 5 aliphatic rings. The highest BCUT2D eigenvalue weighted by molar-refractivity contribution is 7.23. The van der Waals surface area contributed by atoms with Crippen molar-refractivity contribution in [1.29, 1.82) is 10.5 Å². The molecule has 10 rings (SSSR count). The van der Waals surface area contributed by atoms with Crippen molar-refractivity contribution in [3.05, 3.63) is 52.6 Å². The molecule has 5 aromatic rings. The molecule has 13 nitrogen and oxygen atoms in total. The number of hydrogen-bond donors (Lipinski definition) is 1. The molecule has 2 N–H and O–H groups in total. The van der Waals surface area contributed by atoms with E-state index in [0.717, 1.165) is 61.1 Å². The van der Waals surface area contributed by atoms with Gasteiger partial charge in [0, 0.05) is 59.9 Å². The molecule has 304 valence electrons. The predicted molar refractivity (Wildman–Crippen MR) is 215 cm³/mol. The Labute approximate surface area is 346 Å². The smallest absolute Gasteiger partial charge is 0.346 e. The zero-order valence-electron chi connectivity index (χ0n) is 32.3. The molecule has 0 radical (unpaired) electrons. The van der Waals surface area contributed by atoms with Crippen LogP contribution in [0.1, 0.15) is 70.2 Å². The largest absolute Gasteiger partial charge is 0.461 e. The number of carbonyl (C=O) groups excluding carboxylic acids is 1. The molecule has 2 aromatic carbocycles. The number of thiophene rings is 1. The molecule has 4 aliphatic heterocycles. The van der Waals surface area contributed by atoms with E-state index >= 15 is 8.78 Å². The van der Waals surface area contributed by atoms with E-state index in [1.807, 2.05) is 17.0 Å². The molecular formula is C41H39ClF3N11O2S. The van der Waals surface area contributed by atoms with Gasteiger partial charge in [-0.25, -0.2) is 22.9 Å². The molecule has 4 saturated heterocycles. The summed E-state index contributed by atoms with van der Waals surface area (Å²) in [6.07, 6.45) is 5.72. The van der Waals surface area contributed by atoms with E-state index in [9.17, 15) is 19.7 Å². The van der Waals surface area contributed by atoms with Crippen LogP contribution in [0.15, 0.2) is 24.5 Å². The highest BCUT2D eigenvalue weighted by Gasteiger charge is 2.66. The third-order valence-corrected chi connectivity index (χ3v) is 15.1. The third kappa shape index (κ3) is 5.75. The number of carbonyl (C=O) groups is 1. The molecule has 18 heteroatoms. The molecule has 7 heterocycles. The Hall–Kier alpha value is -5.23. The molecule has 1 spiro atoms. The fourth-order valence-electron chi connectivity index (χ4n) is 10.7. The van der Waals surface area contributed by atoms with Crippen LogP contribution in [0.25, 0.3) is 32.1 Å². The molecule has 5 atom stereocenters. The van der Waals surface area contributed by atoms with Crippen LogP contribution in [0, 0.1) is 45.1 Å². The number of nitrogen functional groups attached to an aromatic ring is 1. The van der Waals surface area contributed by atoms with Crippen LogP contribution in [0.2, 0.25) is 5.02 Å². The Morgan fingerprint density at radius 2 is 1.97 bits per heavy atom. The lowest BCUT2D eigenvalue weighted by molar-refractivity contribution is -0.0883. The van der Waals surface area contributed by atoms with Gasteiger partial charge in [-0.1, -0.05) is 24.6 Å². The highest BCUT2D eigenvalue weighted by Crippen LogP contribution is 2.62. The zero-order valence-corrected chi connectivity index (χ0v) is 33.9. The maximum Gasteiger partial charge on any atom is 0.346 e. The number of piperidine rings is 1. The Morgan fingerprint density at radius 3 is 2.71 bits per heavy atom. The second-order valence-corrected chi connectivity index (χ2v) is 18.8. The SMILES string of the molecule is C[C@H]1CC[C@]2(CN(C(=O)n3cnc(C#N)n3)[C@@H]2C2(C)CC2)CN1c1nc(OC[C@@]23CCCN2C[C@H](F)C3)nc2c(F)c(-c3ccc(F)c4sc(N)c(C#N)c34)c(Cl)cc12. The number of halogens is 4. The monoisotopic (exact) mass is 841 g/mol. The van der Waals surface area contributed by atoms with Gasteiger partial charge in [-0.2, -0.15) is 25.2 Å². The van der Waals surface area contributed by atoms with Crippen molar-refractivity contribution in [3.8, 4) is 29.3 Å². The summed E-state index contributed by atoms with van der Waals surface area (Å²) in [6, 6.07) is 7.47. The number of rotatable bonds is 6. The first-order valence-electron chi connectivity index (χ1n) is 19.8. The van der Waals surface area contributed by atoms with E-state index in [1.54, 1.807) is 6.07 Å². The van der Waals surface area contributed by atoms with Gasteiger partial charge < -0.3 is 20.3 Å². The highest BCUT2D eigenvalue weighted by atomic mass is 35.5. The summed E-state index contributed by atoms with van der Waals surface area (Å²) in [5.74, 6) is -1.09. The van der Waals surface area contributed by atoms with Crippen LogP contribution in [0.5, 0.6) is 6.01 Å². The molecule has 0 bridgehead atoms. The molecule has 1 saturated carbocycles. The first-order valence-corrected chi connectivity index (χ1v) is 21.0. The summed E-state index contributed by atoms with van der Waals surface area (Å²) in [4.78, 5) is 33.5. The minimum atomic E-state index is -0.982. The van der Waals surface area contributed by atoms with Gasteiger partial charge in [-0.05, 0) is 75.1 Å². The van der Waals surface area contributed by atoms with E-state index in [0.29, 0.717) is 37.3 Å². The number of benzene rings is 2. The number of alkyl halides is 1. The van der Waals surface area contributed by atoms with Crippen molar-refractivity contribution in [2.75, 3.05) is 43.4 Å². The van der Waals surface area contributed by atoms with E-state index < -0.39 is 23.3 Å².